The molecular weight excluding hydrogens is 280 g/mol. The number of carbonyl (C=O) groups is 1. The summed E-state index contributed by atoms with van der Waals surface area (Å²) >= 11 is 0. The smallest absolute Gasteiger partial charge is 0.200 e. The van der Waals surface area contributed by atoms with Crippen molar-refractivity contribution >= 4 is 16.7 Å². The Morgan fingerprint density at radius 1 is 1.23 bits per heavy atom. The third-order valence-corrected chi connectivity index (χ3v) is 3.35. The highest BCUT2D eigenvalue weighted by Gasteiger charge is 2.15. The Morgan fingerprint density at radius 2 is 2.00 bits per heavy atom. The lowest BCUT2D eigenvalue weighted by molar-refractivity contribution is 0.103. The summed E-state index contributed by atoms with van der Waals surface area (Å²) < 4.78 is 5.41. The molecule has 2 heterocycles. The highest BCUT2D eigenvalue weighted by molar-refractivity contribution is 6.09. The lowest BCUT2D eigenvalue weighted by Gasteiger charge is -2.06. The first-order valence-electron chi connectivity index (χ1n) is 6.93. The first-order chi connectivity index (χ1) is 10.7. The van der Waals surface area contributed by atoms with Crippen LogP contribution in [-0.2, 0) is 0 Å². The Morgan fingerprint density at radius 3 is 2.73 bits per heavy atom. The standard InChI is InChI=1S/C17H14N2O3/c1-2-22-12-3-4-15-13(9-12)17(21)14(10-19-15)16(20)11-5-7-18-8-6-11/h3-10H,2H2,1H3,(H,19,21). The summed E-state index contributed by atoms with van der Waals surface area (Å²) in [4.78, 5) is 31.9. The van der Waals surface area contributed by atoms with Crippen LogP contribution in [-0.4, -0.2) is 22.4 Å². The number of hydrogen-bond acceptors (Lipinski definition) is 4. The molecule has 2 aromatic heterocycles. The largest absolute Gasteiger partial charge is 0.494 e. The first kappa shape index (κ1) is 14.0. The van der Waals surface area contributed by atoms with Crippen LogP contribution in [0.25, 0.3) is 10.9 Å². The Balaban J connectivity index is 2.13. The zero-order valence-electron chi connectivity index (χ0n) is 12.0. The van der Waals surface area contributed by atoms with Gasteiger partial charge in [-0.05, 0) is 37.3 Å². The van der Waals surface area contributed by atoms with E-state index in [9.17, 15) is 9.59 Å². The van der Waals surface area contributed by atoms with Crippen LogP contribution in [0.5, 0.6) is 5.75 Å². The molecule has 110 valence electrons. The van der Waals surface area contributed by atoms with E-state index in [-0.39, 0.29) is 16.8 Å². The van der Waals surface area contributed by atoms with Gasteiger partial charge in [-0.1, -0.05) is 0 Å². The molecule has 0 amide bonds. The Labute approximate surface area is 126 Å². The maximum absolute atomic E-state index is 12.6. The number of pyridine rings is 2. The molecule has 5 heteroatoms. The number of ether oxygens (including phenoxy) is 1. The van der Waals surface area contributed by atoms with Crippen LogP contribution in [0.15, 0.2) is 53.7 Å². The molecule has 1 N–H and O–H groups in total. The third kappa shape index (κ3) is 2.48. The summed E-state index contributed by atoms with van der Waals surface area (Å²) in [6, 6.07) is 8.38. The molecule has 0 spiro atoms. The molecule has 3 aromatic rings. The zero-order chi connectivity index (χ0) is 15.5. The molecule has 22 heavy (non-hydrogen) atoms. The number of nitrogens with one attached hydrogen (secondary N) is 1. The van der Waals surface area contributed by atoms with Crippen LogP contribution in [0.3, 0.4) is 0 Å². The molecular formula is C17H14N2O3. The second-order valence-electron chi connectivity index (χ2n) is 4.74. The highest BCUT2D eigenvalue weighted by Crippen LogP contribution is 2.18. The number of aromatic nitrogens is 2. The molecule has 0 aliphatic rings. The van der Waals surface area contributed by atoms with Gasteiger partial charge in [0.1, 0.15) is 5.75 Å². The van der Waals surface area contributed by atoms with Gasteiger partial charge >= 0.3 is 0 Å². The number of aromatic amines is 1. The minimum atomic E-state index is -0.327. The van der Waals surface area contributed by atoms with E-state index in [1.54, 1.807) is 30.3 Å². The molecule has 0 aliphatic carbocycles. The minimum absolute atomic E-state index is 0.104. The predicted octanol–water partition coefficient (Wildman–Crippen LogP) is 2.55. The van der Waals surface area contributed by atoms with E-state index in [2.05, 4.69) is 9.97 Å². The van der Waals surface area contributed by atoms with Gasteiger partial charge in [0.05, 0.1) is 12.2 Å². The molecule has 0 radical (unpaired) electrons. The van der Waals surface area contributed by atoms with Gasteiger partial charge in [-0.3, -0.25) is 14.6 Å². The normalized spacial score (nSPS) is 10.6. The van der Waals surface area contributed by atoms with Crippen molar-refractivity contribution < 1.29 is 9.53 Å². The van der Waals surface area contributed by atoms with Gasteiger partial charge in [-0.2, -0.15) is 0 Å². The van der Waals surface area contributed by atoms with Crippen LogP contribution >= 0.6 is 0 Å². The number of carbonyl (C=O) groups excluding carboxylic acids is 1. The maximum Gasteiger partial charge on any atom is 0.200 e. The molecule has 0 aliphatic heterocycles. The van der Waals surface area contributed by atoms with E-state index in [0.717, 1.165) is 0 Å². The van der Waals surface area contributed by atoms with Crippen molar-refractivity contribution in [2.24, 2.45) is 0 Å². The fourth-order valence-corrected chi connectivity index (χ4v) is 2.28. The number of hydrogen-bond donors (Lipinski definition) is 1. The van der Waals surface area contributed by atoms with Crippen LogP contribution in [0, 0.1) is 0 Å². The summed E-state index contributed by atoms with van der Waals surface area (Å²) in [5, 5.41) is 0.436. The average Bonchev–Trinajstić information content (AvgIpc) is 2.56. The Hall–Kier alpha value is -2.95. The monoisotopic (exact) mass is 294 g/mol. The van der Waals surface area contributed by atoms with Crippen molar-refractivity contribution in [3.05, 3.63) is 70.3 Å². The molecule has 3 rings (SSSR count). The van der Waals surface area contributed by atoms with Crippen molar-refractivity contribution in [1.29, 1.82) is 0 Å². The van der Waals surface area contributed by atoms with Crippen LogP contribution < -0.4 is 10.2 Å². The van der Waals surface area contributed by atoms with Gasteiger partial charge < -0.3 is 9.72 Å². The number of rotatable bonds is 4. The number of H-pyrrole nitrogens is 1. The van der Waals surface area contributed by atoms with Gasteiger partial charge in [0.25, 0.3) is 0 Å². The van der Waals surface area contributed by atoms with Crippen molar-refractivity contribution in [2.45, 2.75) is 6.92 Å². The molecule has 5 nitrogen and oxygen atoms in total. The summed E-state index contributed by atoms with van der Waals surface area (Å²) in [5.41, 5.74) is 0.894. The number of nitrogens with zero attached hydrogens (tertiary/aromatic N) is 1. The Bertz CT molecular complexity index is 885. The number of ketones is 1. The molecule has 0 unspecified atom stereocenters. The van der Waals surface area contributed by atoms with E-state index in [0.29, 0.717) is 28.8 Å². The lowest BCUT2D eigenvalue weighted by Crippen LogP contribution is -2.16. The van der Waals surface area contributed by atoms with Crippen molar-refractivity contribution in [3.63, 3.8) is 0 Å². The summed E-state index contributed by atoms with van der Waals surface area (Å²) in [6.07, 6.45) is 4.50. The van der Waals surface area contributed by atoms with Crippen LogP contribution in [0.1, 0.15) is 22.8 Å². The number of fused-ring (bicyclic) bond motifs is 1. The van der Waals surface area contributed by atoms with Crippen LogP contribution in [0.4, 0.5) is 0 Å². The topological polar surface area (TPSA) is 72.1 Å². The predicted molar refractivity (Wildman–Crippen MR) is 83.4 cm³/mol. The fraction of sp³-hybridized carbons (Fsp3) is 0.118. The van der Waals surface area contributed by atoms with Crippen molar-refractivity contribution in [3.8, 4) is 5.75 Å². The average molecular weight is 294 g/mol. The molecule has 0 bridgehead atoms. The molecule has 0 atom stereocenters. The van der Waals surface area contributed by atoms with Crippen molar-refractivity contribution in [2.75, 3.05) is 6.61 Å². The summed E-state index contributed by atoms with van der Waals surface area (Å²) in [7, 11) is 0. The summed E-state index contributed by atoms with van der Waals surface area (Å²) in [6.45, 7) is 2.39. The van der Waals surface area contributed by atoms with Crippen LogP contribution in [0.2, 0.25) is 0 Å². The van der Waals surface area contributed by atoms with Gasteiger partial charge in [-0.25, -0.2) is 0 Å². The second-order valence-corrected chi connectivity index (χ2v) is 4.74. The molecule has 0 saturated heterocycles. The molecule has 0 fully saturated rings. The third-order valence-electron chi connectivity index (χ3n) is 3.35. The van der Waals surface area contributed by atoms with E-state index >= 15 is 0 Å². The van der Waals surface area contributed by atoms with E-state index in [1.807, 2.05) is 6.92 Å². The van der Waals surface area contributed by atoms with Gasteiger partial charge in [0, 0.05) is 35.1 Å². The zero-order valence-corrected chi connectivity index (χ0v) is 12.0. The first-order valence-corrected chi connectivity index (χ1v) is 6.93. The summed E-state index contributed by atoms with van der Waals surface area (Å²) in [5.74, 6) is 0.279. The lowest BCUT2D eigenvalue weighted by atomic mass is 10.0. The highest BCUT2D eigenvalue weighted by atomic mass is 16.5. The SMILES string of the molecule is CCOc1ccc2[nH]cc(C(=O)c3ccncc3)c(=O)c2c1. The second kappa shape index (κ2) is 5.81. The van der Waals surface area contributed by atoms with Gasteiger partial charge in [0.15, 0.2) is 5.78 Å². The van der Waals surface area contributed by atoms with E-state index < -0.39 is 0 Å². The maximum atomic E-state index is 12.6. The van der Waals surface area contributed by atoms with Gasteiger partial charge in [0.2, 0.25) is 5.43 Å². The number of benzene rings is 1. The molecule has 1 aromatic carbocycles. The van der Waals surface area contributed by atoms with E-state index in [4.69, 9.17) is 4.74 Å². The van der Waals surface area contributed by atoms with Crippen molar-refractivity contribution in [1.82, 2.24) is 9.97 Å². The Kier molecular flexibility index (Phi) is 3.70. The van der Waals surface area contributed by atoms with Gasteiger partial charge in [-0.15, -0.1) is 0 Å². The fourth-order valence-electron chi connectivity index (χ4n) is 2.28. The quantitative estimate of drug-likeness (QED) is 0.751. The minimum Gasteiger partial charge on any atom is -0.494 e. The van der Waals surface area contributed by atoms with E-state index in [1.165, 1.54) is 18.6 Å². The molecule has 0 saturated carbocycles.